The average molecular weight is 364 g/mol. The second kappa shape index (κ2) is 7.39. The van der Waals surface area contributed by atoms with Crippen LogP contribution >= 0.6 is 0 Å². The molecule has 140 valence electrons. The van der Waals surface area contributed by atoms with E-state index in [2.05, 4.69) is 23.0 Å². The van der Waals surface area contributed by atoms with E-state index in [0.29, 0.717) is 30.5 Å². The molecule has 1 fully saturated rings. The predicted molar refractivity (Wildman–Crippen MR) is 103 cm³/mol. The van der Waals surface area contributed by atoms with Gasteiger partial charge in [-0.1, -0.05) is 12.1 Å². The van der Waals surface area contributed by atoms with Gasteiger partial charge in [-0.3, -0.25) is 9.20 Å². The maximum absolute atomic E-state index is 13.2. The summed E-state index contributed by atoms with van der Waals surface area (Å²) in [6.45, 7) is 6.02. The highest BCUT2D eigenvalue weighted by Crippen LogP contribution is 2.22. The number of carbonyl (C=O) groups is 1. The molecule has 27 heavy (non-hydrogen) atoms. The summed E-state index contributed by atoms with van der Waals surface area (Å²) in [6.07, 6.45) is 5.60. The summed E-state index contributed by atoms with van der Waals surface area (Å²) in [7, 11) is 0. The van der Waals surface area contributed by atoms with E-state index < -0.39 is 0 Å². The number of nitrogens with zero attached hydrogens (tertiary/aromatic N) is 4. The molecule has 3 aromatic rings. The van der Waals surface area contributed by atoms with Crippen LogP contribution in [0.3, 0.4) is 0 Å². The lowest BCUT2D eigenvalue weighted by Crippen LogP contribution is -2.42. The first kappa shape index (κ1) is 17.5. The lowest BCUT2D eigenvalue weighted by Gasteiger charge is -2.32. The zero-order valence-electron chi connectivity index (χ0n) is 15.8. The first-order valence-electron chi connectivity index (χ1n) is 9.40. The molecule has 1 saturated heterocycles. The van der Waals surface area contributed by atoms with E-state index in [1.165, 1.54) is 5.56 Å². The Kier molecular flexibility index (Phi) is 4.79. The predicted octanol–water partition coefficient (Wildman–Crippen LogP) is 3.28. The topological polar surface area (TPSA) is 59.7 Å². The molecule has 0 bridgehead atoms. The van der Waals surface area contributed by atoms with Crippen LogP contribution in [0.5, 0.6) is 5.75 Å². The molecule has 2 aromatic heterocycles. The highest BCUT2D eigenvalue weighted by molar-refractivity contribution is 5.94. The fraction of sp³-hybridized carbons (Fsp3) is 0.381. The first-order chi connectivity index (χ1) is 13.1. The number of aryl methyl sites for hydroxylation is 2. The number of fused-ring (bicyclic) bond motifs is 1. The molecular weight excluding hydrogens is 340 g/mol. The number of rotatable bonds is 4. The number of ether oxygens (including phenoxy) is 1. The van der Waals surface area contributed by atoms with E-state index in [9.17, 15) is 4.79 Å². The Hall–Kier alpha value is -2.89. The molecular formula is C21H24N4O2. The number of piperidine rings is 1. The van der Waals surface area contributed by atoms with E-state index >= 15 is 0 Å². The smallest absolute Gasteiger partial charge is 0.272 e. The van der Waals surface area contributed by atoms with Crippen molar-refractivity contribution in [2.45, 2.75) is 26.7 Å². The second-order valence-electron chi connectivity index (χ2n) is 7.22. The third kappa shape index (κ3) is 3.65. The number of hydrogen-bond donors (Lipinski definition) is 0. The van der Waals surface area contributed by atoms with E-state index in [1.54, 1.807) is 10.6 Å². The van der Waals surface area contributed by atoms with Crippen molar-refractivity contribution in [3.8, 4) is 5.75 Å². The Balaban J connectivity index is 1.46. The van der Waals surface area contributed by atoms with Gasteiger partial charge in [0.05, 0.1) is 12.3 Å². The van der Waals surface area contributed by atoms with Crippen molar-refractivity contribution >= 4 is 11.7 Å². The Morgan fingerprint density at radius 2 is 2.19 bits per heavy atom. The van der Waals surface area contributed by atoms with Gasteiger partial charge >= 0.3 is 0 Å². The molecule has 0 unspecified atom stereocenters. The third-order valence-corrected chi connectivity index (χ3v) is 5.06. The van der Waals surface area contributed by atoms with E-state index in [1.807, 2.05) is 42.3 Å². The van der Waals surface area contributed by atoms with Crippen LogP contribution in [0.25, 0.3) is 5.78 Å². The Bertz CT molecular complexity index is 966. The number of carbonyl (C=O) groups excluding carboxylic acids is 1. The van der Waals surface area contributed by atoms with Crippen molar-refractivity contribution in [1.82, 2.24) is 19.3 Å². The zero-order chi connectivity index (χ0) is 18.8. The molecule has 3 heterocycles. The molecule has 0 saturated carbocycles. The van der Waals surface area contributed by atoms with Crippen LogP contribution in [-0.2, 0) is 0 Å². The zero-order valence-corrected chi connectivity index (χ0v) is 15.8. The fourth-order valence-corrected chi connectivity index (χ4v) is 3.71. The highest BCUT2D eigenvalue weighted by atomic mass is 16.5. The summed E-state index contributed by atoms with van der Waals surface area (Å²) >= 11 is 0. The Morgan fingerprint density at radius 3 is 3.04 bits per heavy atom. The monoisotopic (exact) mass is 364 g/mol. The molecule has 0 spiro atoms. The van der Waals surface area contributed by atoms with Gasteiger partial charge in [0.15, 0.2) is 0 Å². The number of benzene rings is 1. The molecule has 4 rings (SSSR count). The minimum Gasteiger partial charge on any atom is -0.493 e. The number of aromatic nitrogens is 3. The average Bonchev–Trinajstić information content (AvgIpc) is 3.02. The minimum atomic E-state index is 0.0215. The Labute approximate surface area is 158 Å². The van der Waals surface area contributed by atoms with Gasteiger partial charge in [-0.2, -0.15) is 0 Å². The normalized spacial score (nSPS) is 17.3. The number of imidazole rings is 1. The van der Waals surface area contributed by atoms with Gasteiger partial charge in [0.2, 0.25) is 5.78 Å². The SMILES string of the molecule is Cc1cccc(OC[C@@H]2CCCN(C(=O)c3c(C)nc4ncccn34)C2)c1. The number of hydrogen-bond acceptors (Lipinski definition) is 4. The first-order valence-corrected chi connectivity index (χ1v) is 9.40. The summed E-state index contributed by atoms with van der Waals surface area (Å²) in [5.41, 5.74) is 2.51. The summed E-state index contributed by atoms with van der Waals surface area (Å²) in [5.74, 6) is 1.81. The van der Waals surface area contributed by atoms with Crippen molar-refractivity contribution in [2.24, 2.45) is 5.92 Å². The lowest BCUT2D eigenvalue weighted by molar-refractivity contribution is 0.0625. The molecule has 1 atom stereocenters. The van der Waals surface area contributed by atoms with Crippen LogP contribution in [0, 0.1) is 19.8 Å². The largest absolute Gasteiger partial charge is 0.493 e. The minimum absolute atomic E-state index is 0.0215. The standard InChI is InChI=1S/C21H24N4O2/c1-15-6-3-8-18(12-15)27-14-17-7-4-10-24(13-17)20(26)19-16(2)23-21-22-9-5-11-25(19)21/h3,5-6,8-9,11-12,17H,4,7,10,13-14H2,1-2H3/t17-/m1/s1. The summed E-state index contributed by atoms with van der Waals surface area (Å²) in [6, 6.07) is 9.90. The third-order valence-electron chi connectivity index (χ3n) is 5.06. The molecule has 6 nitrogen and oxygen atoms in total. The van der Waals surface area contributed by atoms with Crippen molar-refractivity contribution in [2.75, 3.05) is 19.7 Å². The number of likely N-dealkylation sites (tertiary alicyclic amines) is 1. The summed E-state index contributed by atoms with van der Waals surface area (Å²) in [5, 5.41) is 0. The van der Waals surface area contributed by atoms with Crippen molar-refractivity contribution in [1.29, 1.82) is 0 Å². The summed E-state index contributed by atoms with van der Waals surface area (Å²) < 4.78 is 7.76. The van der Waals surface area contributed by atoms with Crippen LogP contribution in [0.15, 0.2) is 42.7 Å². The molecule has 0 aliphatic carbocycles. The molecule has 1 aliphatic heterocycles. The van der Waals surface area contributed by atoms with E-state index in [0.717, 1.165) is 30.8 Å². The molecule has 0 N–H and O–H groups in total. The Morgan fingerprint density at radius 1 is 1.30 bits per heavy atom. The van der Waals surface area contributed by atoms with Crippen molar-refractivity contribution in [3.05, 3.63) is 59.7 Å². The maximum atomic E-state index is 13.2. The van der Waals surface area contributed by atoms with Gasteiger partial charge in [-0.05, 0) is 50.5 Å². The van der Waals surface area contributed by atoms with Crippen LogP contribution in [0.2, 0.25) is 0 Å². The van der Waals surface area contributed by atoms with Crippen LogP contribution in [0.4, 0.5) is 0 Å². The van der Waals surface area contributed by atoms with Gasteiger partial charge < -0.3 is 9.64 Å². The molecule has 0 radical (unpaired) electrons. The van der Waals surface area contributed by atoms with Crippen molar-refractivity contribution in [3.63, 3.8) is 0 Å². The van der Waals surface area contributed by atoms with Crippen LogP contribution < -0.4 is 4.74 Å². The van der Waals surface area contributed by atoms with Crippen LogP contribution in [0.1, 0.15) is 34.6 Å². The number of amides is 1. The molecule has 1 amide bonds. The second-order valence-corrected chi connectivity index (χ2v) is 7.22. The quantitative estimate of drug-likeness (QED) is 0.713. The van der Waals surface area contributed by atoms with Crippen molar-refractivity contribution < 1.29 is 9.53 Å². The van der Waals surface area contributed by atoms with Gasteiger partial charge in [0, 0.05) is 31.4 Å². The fourth-order valence-electron chi connectivity index (χ4n) is 3.71. The molecule has 6 heteroatoms. The van der Waals surface area contributed by atoms with E-state index in [-0.39, 0.29) is 5.91 Å². The van der Waals surface area contributed by atoms with E-state index in [4.69, 9.17) is 4.74 Å². The molecule has 1 aromatic carbocycles. The molecule has 1 aliphatic rings. The van der Waals surface area contributed by atoms with Crippen LogP contribution in [-0.4, -0.2) is 44.9 Å². The highest BCUT2D eigenvalue weighted by Gasteiger charge is 2.28. The lowest BCUT2D eigenvalue weighted by atomic mass is 9.98. The van der Waals surface area contributed by atoms with Gasteiger partial charge in [0.25, 0.3) is 5.91 Å². The van der Waals surface area contributed by atoms with Gasteiger partial charge in [-0.15, -0.1) is 0 Å². The van der Waals surface area contributed by atoms with Gasteiger partial charge in [0.1, 0.15) is 11.4 Å². The maximum Gasteiger partial charge on any atom is 0.272 e. The van der Waals surface area contributed by atoms with Gasteiger partial charge in [-0.25, -0.2) is 9.97 Å². The summed E-state index contributed by atoms with van der Waals surface area (Å²) in [4.78, 5) is 23.7.